The van der Waals surface area contributed by atoms with Gasteiger partial charge in [-0.25, -0.2) is 0 Å². The Morgan fingerprint density at radius 2 is 1.79 bits per heavy atom. The number of nitrogens with zero attached hydrogens (tertiary/aromatic N) is 2. The molecule has 0 unspecified atom stereocenters. The Balaban J connectivity index is 2.60. The summed E-state index contributed by atoms with van der Waals surface area (Å²) in [6.07, 6.45) is 1.63. The van der Waals surface area contributed by atoms with Crippen LogP contribution in [0.1, 0.15) is 27.2 Å². The van der Waals surface area contributed by atoms with Crippen molar-refractivity contribution in [1.82, 2.24) is 15.1 Å². The van der Waals surface area contributed by atoms with Crippen LogP contribution in [0, 0.1) is 5.41 Å². The van der Waals surface area contributed by atoms with Crippen LogP contribution in [-0.4, -0.2) is 60.7 Å². The monoisotopic (exact) mass is 269 g/mol. The third-order valence-electron chi connectivity index (χ3n) is 3.39. The van der Waals surface area contributed by atoms with Crippen LogP contribution in [0.5, 0.6) is 0 Å². The quantitative estimate of drug-likeness (QED) is 0.557. The highest BCUT2D eigenvalue weighted by Gasteiger charge is 2.39. The fourth-order valence-electron chi connectivity index (χ4n) is 1.98. The van der Waals surface area contributed by atoms with Gasteiger partial charge in [0, 0.05) is 32.7 Å². The maximum absolute atomic E-state index is 12.4. The Labute approximate surface area is 114 Å². The van der Waals surface area contributed by atoms with E-state index in [0.717, 1.165) is 12.8 Å². The number of rotatable bonds is 5. The smallest absolute Gasteiger partial charge is 0.237 e. The van der Waals surface area contributed by atoms with Crippen molar-refractivity contribution in [3.63, 3.8) is 0 Å². The summed E-state index contributed by atoms with van der Waals surface area (Å²) in [4.78, 5) is 38.3. The maximum atomic E-state index is 12.4. The van der Waals surface area contributed by atoms with Gasteiger partial charge in [-0.15, -0.1) is 0 Å². The summed E-state index contributed by atoms with van der Waals surface area (Å²) in [5.41, 5.74) is -1.06. The number of carbonyl (C=O) groups excluding carboxylic acids is 3. The van der Waals surface area contributed by atoms with Gasteiger partial charge in [-0.3, -0.25) is 14.4 Å². The van der Waals surface area contributed by atoms with Crippen LogP contribution < -0.4 is 5.32 Å². The van der Waals surface area contributed by atoms with Crippen molar-refractivity contribution in [2.45, 2.75) is 27.2 Å². The molecule has 0 aromatic carbocycles. The molecule has 1 saturated heterocycles. The zero-order chi connectivity index (χ0) is 14.5. The predicted molar refractivity (Wildman–Crippen MR) is 71.3 cm³/mol. The summed E-state index contributed by atoms with van der Waals surface area (Å²) in [7, 11) is 0. The summed E-state index contributed by atoms with van der Waals surface area (Å²) in [6.45, 7) is 7.87. The van der Waals surface area contributed by atoms with Crippen molar-refractivity contribution in [2.24, 2.45) is 5.41 Å². The van der Waals surface area contributed by atoms with Crippen LogP contribution in [-0.2, 0) is 14.4 Å². The Hall–Kier alpha value is -1.59. The van der Waals surface area contributed by atoms with Crippen molar-refractivity contribution in [3.8, 4) is 0 Å². The lowest BCUT2D eigenvalue weighted by molar-refractivity contribution is -0.150. The van der Waals surface area contributed by atoms with Gasteiger partial charge in [0.15, 0.2) is 0 Å². The molecule has 0 spiro atoms. The number of hydrogen-bond donors (Lipinski definition) is 1. The summed E-state index contributed by atoms with van der Waals surface area (Å²) >= 11 is 0. The first-order valence-corrected chi connectivity index (χ1v) is 6.70. The van der Waals surface area contributed by atoms with Gasteiger partial charge in [-0.2, -0.15) is 0 Å². The third kappa shape index (κ3) is 3.68. The fraction of sp³-hybridized carbons (Fsp3) is 0.769. The molecule has 0 bridgehead atoms. The minimum Gasteiger partial charge on any atom is -0.355 e. The van der Waals surface area contributed by atoms with E-state index in [-0.39, 0.29) is 11.8 Å². The standard InChI is InChI=1S/C13H23N3O3/c1-4-5-14-11(18)13(2,3)12(19)16-8-6-15(10-17)7-9-16/h10H,4-9H2,1-3H3,(H,14,18). The molecular weight excluding hydrogens is 246 g/mol. The van der Waals surface area contributed by atoms with E-state index in [1.165, 1.54) is 0 Å². The minimum atomic E-state index is -1.06. The molecule has 0 aromatic rings. The number of nitrogens with one attached hydrogen (secondary N) is 1. The van der Waals surface area contributed by atoms with Crippen molar-refractivity contribution in [3.05, 3.63) is 0 Å². The van der Waals surface area contributed by atoms with E-state index in [2.05, 4.69) is 5.32 Å². The molecule has 6 heteroatoms. The normalized spacial score (nSPS) is 16.2. The van der Waals surface area contributed by atoms with Crippen molar-refractivity contribution in [2.75, 3.05) is 32.7 Å². The molecule has 1 fully saturated rings. The molecule has 3 amide bonds. The highest BCUT2D eigenvalue weighted by Crippen LogP contribution is 2.20. The lowest BCUT2D eigenvalue weighted by Crippen LogP contribution is -2.55. The van der Waals surface area contributed by atoms with Gasteiger partial charge in [0.05, 0.1) is 0 Å². The average Bonchev–Trinajstić information content (AvgIpc) is 2.43. The topological polar surface area (TPSA) is 69.7 Å². The number of amides is 3. The molecule has 1 N–H and O–H groups in total. The van der Waals surface area contributed by atoms with Gasteiger partial charge < -0.3 is 15.1 Å². The molecule has 1 aliphatic rings. The Morgan fingerprint density at radius 1 is 1.21 bits per heavy atom. The van der Waals surface area contributed by atoms with Gasteiger partial charge in [0.1, 0.15) is 5.41 Å². The minimum absolute atomic E-state index is 0.174. The summed E-state index contributed by atoms with van der Waals surface area (Å²) in [5, 5.41) is 2.76. The number of hydrogen-bond acceptors (Lipinski definition) is 3. The van der Waals surface area contributed by atoms with Gasteiger partial charge in [0.2, 0.25) is 18.2 Å². The highest BCUT2D eigenvalue weighted by molar-refractivity contribution is 6.04. The zero-order valence-electron chi connectivity index (χ0n) is 11.9. The van der Waals surface area contributed by atoms with Gasteiger partial charge in [-0.1, -0.05) is 6.92 Å². The Morgan fingerprint density at radius 3 is 2.26 bits per heavy atom. The SMILES string of the molecule is CCCNC(=O)C(C)(C)C(=O)N1CCN(C=O)CC1. The molecule has 1 heterocycles. The molecule has 0 aliphatic carbocycles. The van der Waals surface area contributed by atoms with Crippen molar-refractivity contribution in [1.29, 1.82) is 0 Å². The molecule has 19 heavy (non-hydrogen) atoms. The molecular formula is C13H23N3O3. The third-order valence-corrected chi connectivity index (χ3v) is 3.39. The lowest BCUT2D eigenvalue weighted by Gasteiger charge is -2.36. The van der Waals surface area contributed by atoms with E-state index in [9.17, 15) is 14.4 Å². The molecule has 1 aliphatic heterocycles. The van der Waals surface area contributed by atoms with Crippen LogP contribution in [0.15, 0.2) is 0 Å². The zero-order valence-corrected chi connectivity index (χ0v) is 11.9. The largest absolute Gasteiger partial charge is 0.355 e. The first-order valence-electron chi connectivity index (χ1n) is 6.70. The predicted octanol–water partition coefficient (Wildman–Crippen LogP) is -0.161. The van der Waals surface area contributed by atoms with E-state index < -0.39 is 5.41 Å². The second-order valence-electron chi connectivity index (χ2n) is 5.31. The van der Waals surface area contributed by atoms with Crippen molar-refractivity contribution < 1.29 is 14.4 Å². The molecule has 6 nitrogen and oxygen atoms in total. The lowest BCUT2D eigenvalue weighted by atomic mass is 9.90. The van der Waals surface area contributed by atoms with Crippen LogP contribution in [0.4, 0.5) is 0 Å². The van der Waals surface area contributed by atoms with Gasteiger partial charge >= 0.3 is 0 Å². The van der Waals surface area contributed by atoms with E-state index >= 15 is 0 Å². The molecule has 108 valence electrons. The molecule has 0 radical (unpaired) electrons. The Kier molecular flexibility index (Phi) is 5.32. The van der Waals surface area contributed by atoms with E-state index in [1.54, 1.807) is 23.6 Å². The Bertz CT molecular complexity index is 347. The highest BCUT2D eigenvalue weighted by atomic mass is 16.2. The van der Waals surface area contributed by atoms with Crippen LogP contribution in [0.2, 0.25) is 0 Å². The van der Waals surface area contributed by atoms with E-state index in [1.807, 2.05) is 6.92 Å². The van der Waals surface area contributed by atoms with Crippen LogP contribution >= 0.6 is 0 Å². The summed E-state index contributed by atoms with van der Waals surface area (Å²) < 4.78 is 0. The van der Waals surface area contributed by atoms with Crippen molar-refractivity contribution >= 4 is 18.2 Å². The van der Waals surface area contributed by atoms with E-state index in [0.29, 0.717) is 32.7 Å². The molecule has 0 aromatic heterocycles. The van der Waals surface area contributed by atoms with Crippen LogP contribution in [0.3, 0.4) is 0 Å². The fourth-order valence-corrected chi connectivity index (χ4v) is 1.98. The van der Waals surface area contributed by atoms with E-state index in [4.69, 9.17) is 0 Å². The average molecular weight is 269 g/mol. The van der Waals surface area contributed by atoms with Crippen LogP contribution in [0.25, 0.3) is 0 Å². The number of piperazine rings is 1. The molecule has 0 saturated carbocycles. The maximum Gasteiger partial charge on any atom is 0.237 e. The second-order valence-corrected chi connectivity index (χ2v) is 5.31. The number of carbonyl (C=O) groups is 3. The van der Waals surface area contributed by atoms with Gasteiger partial charge in [-0.05, 0) is 20.3 Å². The second kappa shape index (κ2) is 6.54. The summed E-state index contributed by atoms with van der Waals surface area (Å²) in [5.74, 6) is -0.413. The first-order chi connectivity index (χ1) is 8.93. The molecule has 1 rings (SSSR count). The first kappa shape index (κ1) is 15.5. The summed E-state index contributed by atoms with van der Waals surface area (Å²) in [6, 6.07) is 0. The molecule has 0 atom stereocenters. The van der Waals surface area contributed by atoms with Gasteiger partial charge in [0.25, 0.3) is 0 Å².